The predicted octanol–water partition coefficient (Wildman–Crippen LogP) is 0.289. The number of hydrogen-bond acceptors (Lipinski definition) is 5. The molecule has 1 aromatic rings. The summed E-state index contributed by atoms with van der Waals surface area (Å²) >= 11 is 0. The normalized spacial score (nSPS) is 22.4. The number of ether oxygens (including phenoxy) is 2. The summed E-state index contributed by atoms with van der Waals surface area (Å²) in [6.07, 6.45) is -0.636. The molecule has 0 saturated carbocycles. The Bertz CT molecular complexity index is 475. The molecule has 1 saturated heterocycles. The lowest BCUT2D eigenvalue weighted by atomic mass is 9.94. The van der Waals surface area contributed by atoms with Crippen LogP contribution in [0.5, 0.6) is 5.75 Å². The number of esters is 1. The van der Waals surface area contributed by atoms with Gasteiger partial charge in [-0.3, -0.25) is 15.0 Å². The Labute approximate surface area is 104 Å². The first kappa shape index (κ1) is 12.4. The number of nitrogens with two attached hydrogens (primary N) is 1. The highest BCUT2D eigenvalue weighted by molar-refractivity contribution is 5.86. The molecule has 1 aromatic carbocycles. The van der Waals surface area contributed by atoms with Crippen LogP contribution >= 0.6 is 0 Å². The van der Waals surface area contributed by atoms with E-state index < -0.39 is 23.9 Å². The van der Waals surface area contributed by atoms with Crippen molar-refractivity contribution in [2.45, 2.75) is 12.5 Å². The molecule has 1 unspecified atom stereocenters. The first-order valence-corrected chi connectivity index (χ1v) is 5.50. The summed E-state index contributed by atoms with van der Waals surface area (Å²) in [6.45, 7) is 0. The maximum Gasteiger partial charge on any atom is 0.307 e. The van der Waals surface area contributed by atoms with Gasteiger partial charge in [-0.2, -0.15) is 0 Å². The van der Waals surface area contributed by atoms with Crippen molar-refractivity contribution in [3.05, 3.63) is 29.8 Å². The molecule has 1 heterocycles. The molecule has 96 valence electrons. The van der Waals surface area contributed by atoms with Crippen LogP contribution in [0.25, 0.3) is 0 Å². The van der Waals surface area contributed by atoms with Crippen molar-refractivity contribution in [2.24, 2.45) is 11.8 Å². The van der Waals surface area contributed by atoms with E-state index in [0.29, 0.717) is 11.3 Å². The number of nitrogens with one attached hydrogen (secondary N) is 1. The zero-order valence-electron chi connectivity index (χ0n) is 9.88. The Hall–Kier alpha value is -2.08. The maximum absolute atomic E-state index is 11.6. The van der Waals surface area contributed by atoms with E-state index in [1.54, 1.807) is 24.3 Å². The van der Waals surface area contributed by atoms with Gasteiger partial charge in [0.1, 0.15) is 11.9 Å². The average molecular weight is 250 g/mol. The lowest BCUT2D eigenvalue weighted by Crippen LogP contribution is -2.37. The van der Waals surface area contributed by atoms with Crippen LogP contribution in [0.4, 0.5) is 0 Å². The maximum atomic E-state index is 11.6. The molecule has 6 heteroatoms. The van der Waals surface area contributed by atoms with Gasteiger partial charge >= 0.3 is 5.97 Å². The second kappa shape index (κ2) is 5.05. The zero-order valence-corrected chi connectivity index (χ0v) is 9.88. The molecule has 3 N–H and O–H groups in total. The van der Waals surface area contributed by atoms with Crippen molar-refractivity contribution in [3.8, 4) is 5.75 Å². The number of hydrogen-bond donors (Lipinski definition) is 2. The van der Waals surface area contributed by atoms with Gasteiger partial charge in [-0.1, -0.05) is 18.2 Å². The van der Waals surface area contributed by atoms with E-state index in [1.165, 1.54) is 7.11 Å². The molecule has 18 heavy (non-hydrogen) atoms. The predicted molar refractivity (Wildman–Crippen MR) is 62.3 cm³/mol. The van der Waals surface area contributed by atoms with Crippen LogP contribution in [0.1, 0.15) is 18.1 Å². The van der Waals surface area contributed by atoms with E-state index in [4.69, 9.17) is 15.3 Å². The summed E-state index contributed by atoms with van der Waals surface area (Å²) < 4.78 is 10.4. The molecule has 0 spiro atoms. The SMILES string of the molecule is COc1ccccc1C1OC(=O)C[C@@H]1C(=O)NN. The Kier molecular flexibility index (Phi) is 3.47. The molecule has 1 aliphatic heterocycles. The fraction of sp³-hybridized carbons (Fsp3) is 0.333. The Morgan fingerprint density at radius 3 is 2.89 bits per heavy atom. The van der Waals surface area contributed by atoms with Crippen molar-refractivity contribution in [1.82, 2.24) is 5.43 Å². The van der Waals surface area contributed by atoms with Crippen LogP contribution < -0.4 is 16.0 Å². The van der Waals surface area contributed by atoms with E-state index >= 15 is 0 Å². The molecule has 1 fully saturated rings. The van der Waals surface area contributed by atoms with Crippen molar-refractivity contribution >= 4 is 11.9 Å². The molecule has 0 aliphatic carbocycles. The molecular formula is C12H14N2O4. The Morgan fingerprint density at radius 1 is 1.50 bits per heavy atom. The molecule has 6 nitrogen and oxygen atoms in total. The highest BCUT2D eigenvalue weighted by Gasteiger charge is 2.41. The number of methoxy groups -OCH3 is 1. The van der Waals surface area contributed by atoms with Gasteiger partial charge in [0.2, 0.25) is 5.91 Å². The number of carbonyl (C=O) groups is 2. The smallest absolute Gasteiger partial charge is 0.307 e. The average Bonchev–Trinajstić information content (AvgIpc) is 2.79. The molecule has 0 bridgehead atoms. The van der Waals surface area contributed by atoms with Gasteiger partial charge in [-0.15, -0.1) is 0 Å². The summed E-state index contributed by atoms with van der Waals surface area (Å²) in [7, 11) is 1.52. The summed E-state index contributed by atoms with van der Waals surface area (Å²) in [4.78, 5) is 23.0. The topological polar surface area (TPSA) is 90.6 Å². The van der Waals surface area contributed by atoms with Crippen LogP contribution in [0.2, 0.25) is 0 Å². The summed E-state index contributed by atoms with van der Waals surface area (Å²) in [5.41, 5.74) is 2.72. The van der Waals surface area contributed by atoms with Gasteiger partial charge in [-0.05, 0) is 6.07 Å². The number of rotatable bonds is 3. The second-order valence-electron chi connectivity index (χ2n) is 3.97. The lowest BCUT2D eigenvalue weighted by Gasteiger charge is -2.18. The first-order valence-electron chi connectivity index (χ1n) is 5.50. The van der Waals surface area contributed by atoms with E-state index in [1.807, 2.05) is 0 Å². The summed E-state index contributed by atoms with van der Waals surface area (Å²) in [5, 5.41) is 0. The van der Waals surface area contributed by atoms with Crippen molar-refractivity contribution in [2.75, 3.05) is 7.11 Å². The van der Waals surface area contributed by atoms with E-state index in [2.05, 4.69) is 5.43 Å². The van der Waals surface area contributed by atoms with Crippen LogP contribution in [0, 0.1) is 5.92 Å². The fourth-order valence-corrected chi connectivity index (χ4v) is 2.08. The molecule has 2 rings (SSSR count). The van der Waals surface area contributed by atoms with Gasteiger partial charge in [0.05, 0.1) is 19.4 Å². The molecule has 1 aliphatic rings. The largest absolute Gasteiger partial charge is 0.496 e. The number of carbonyl (C=O) groups excluding carboxylic acids is 2. The molecule has 0 aromatic heterocycles. The third-order valence-electron chi connectivity index (χ3n) is 2.93. The number of benzene rings is 1. The number of cyclic esters (lactones) is 1. The van der Waals surface area contributed by atoms with E-state index in [0.717, 1.165) is 0 Å². The van der Waals surface area contributed by atoms with Crippen molar-refractivity contribution < 1.29 is 19.1 Å². The van der Waals surface area contributed by atoms with Crippen LogP contribution in [0.3, 0.4) is 0 Å². The minimum atomic E-state index is -0.655. The quantitative estimate of drug-likeness (QED) is 0.348. The minimum Gasteiger partial charge on any atom is -0.496 e. The third kappa shape index (κ3) is 2.14. The summed E-state index contributed by atoms with van der Waals surface area (Å²) in [6, 6.07) is 7.11. The van der Waals surface area contributed by atoms with Crippen LogP contribution in [-0.2, 0) is 14.3 Å². The van der Waals surface area contributed by atoms with Gasteiger partial charge in [0.25, 0.3) is 0 Å². The van der Waals surface area contributed by atoms with Crippen molar-refractivity contribution in [1.29, 1.82) is 0 Å². The highest BCUT2D eigenvalue weighted by Crippen LogP contribution is 2.39. The lowest BCUT2D eigenvalue weighted by molar-refractivity contribution is -0.141. The monoisotopic (exact) mass is 250 g/mol. The molecule has 0 radical (unpaired) electrons. The van der Waals surface area contributed by atoms with Crippen LogP contribution in [-0.4, -0.2) is 19.0 Å². The number of para-hydroxylation sites is 1. The van der Waals surface area contributed by atoms with E-state index in [9.17, 15) is 9.59 Å². The minimum absolute atomic E-state index is 0.0196. The van der Waals surface area contributed by atoms with Gasteiger partial charge < -0.3 is 9.47 Å². The standard InChI is InChI=1S/C12H14N2O4/c1-17-9-5-3-2-4-7(9)11-8(12(16)14-13)6-10(15)18-11/h2-5,8,11H,6,13H2,1H3,(H,14,16)/t8-,11?/m0/s1. The zero-order chi connectivity index (χ0) is 13.1. The molecule has 1 amide bonds. The van der Waals surface area contributed by atoms with Gasteiger partial charge in [0, 0.05) is 5.56 Å². The summed E-state index contributed by atoms with van der Waals surface area (Å²) in [5.74, 6) is 4.22. The molecule has 2 atom stereocenters. The number of amides is 1. The molecular weight excluding hydrogens is 236 g/mol. The number of hydrazine groups is 1. The fourth-order valence-electron chi connectivity index (χ4n) is 2.08. The van der Waals surface area contributed by atoms with Gasteiger partial charge in [0.15, 0.2) is 0 Å². The highest BCUT2D eigenvalue weighted by atomic mass is 16.6. The van der Waals surface area contributed by atoms with Crippen LogP contribution in [0.15, 0.2) is 24.3 Å². The third-order valence-corrected chi connectivity index (χ3v) is 2.93. The Balaban J connectivity index is 2.35. The van der Waals surface area contributed by atoms with Crippen molar-refractivity contribution in [3.63, 3.8) is 0 Å². The first-order chi connectivity index (χ1) is 8.67. The van der Waals surface area contributed by atoms with E-state index in [-0.39, 0.29) is 6.42 Å². The second-order valence-corrected chi connectivity index (χ2v) is 3.97. The Morgan fingerprint density at radius 2 is 2.22 bits per heavy atom. The van der Waals surface area contributed by atoms with Gasteiger partial charge in [-0.25, -0.2) is 5.84 Å².